The highest BCUT2D eigenvalue weighted by Gasteiger charge is 2.35. The number of aliphatic carboxylic acids is 1. The molecule has 0 atom stereocenters. The summed E-state index contributed by atoms with van der Waals surface area (Å²) in [4.78, 5) is 20.1. The van der Waals surface area contributed by atoms with Gasteiger partial charge in [-0.3, -0.25) is 9.59 Å². The zero-order chi connectivity index (χ0) is 15.6. The van der Waals surface area contributed by atoms with Crippen LogP contribution >= 0.6 is 0 Å². The molecular formula is C16H28O4. The fraction of sp³-hybridized carbons (Fsp3) is 0.750. The fourth-order valence-corrected chi connectivity index (χ4v) is 2.58. The summed E-state index contributed by atoms with van der Waals surface area (Å²) < 4.78 is 5.42. The van der Waals surface area contributed by atoms with Crippen LogP contribution in [0, 0.1) is 5.92 Å². The molecule has 0 spiro atoms. The van der Waals surface area contributed by atoms with Crippen molar-refractivity contribution in [3.8, 4) is 0 Å². The van der Waals surface area contributed by atoms with Gasteiger partial charge in [-0.1, -0.05) is 32.8 Å². The second-order valence-corrected chi connectivity index (χ2v) is 5.47. The summed E-state index contributed by atoms with van der Waals surface area (Å²) in [6, 6.07) is 0. The second-order valence-electron chi connectivity index (χ2n) is 5.47. The number of esters is 1. The molecule has 0 bridgehead atoms. The summed E-state index contributed by atoms with van der Waals surface area (Å²) in [5.41, 5.74) is -0.367. The lowest BCUT2D eigenvalue weighted by Gasteiger charge is -2.37. The Hall–Kier alpha value is -1.32. The molecular weight excluding hydrogens is 256 g/mol. The van der Waals surface area contributed by atoms with Crippen LogP contribution in [0.1, 0.15) is 65.7 Å². The first-order valence-corrected chi connectivity index (χ1v) is 7.38. The van der Waals surface area contributed by atoms with Crippen molar-refractivity contribution in [3.63, 3.8) is 0 Å². The summed E-state index contributed by atoms with van der Waals surface area (Å²) in [5.74, 6) is -0.199. The van der Waals surface area contributed by atoms with Crippen LogP contribution in [0.25, 0.3) is 0 Å². The molecule has 1 rings (SSSR count). The quantitative estimate of drug-likeness (QED) is 0.613. The van der Waals surface area contributed by atoms with Gasteiger partial charge in [0.2, 0.25) is 0 Å². The molecule has 1 aliphatic rings. The van der Waals surface area contributed by atoms with Gasteiger partial charge >= 0.3 is 5.97 Å². The van der Waals surface area contributed by atoms with Crippen LogP contribution in [-0.4, -0.2) is 22.6 Å². The smallest absolute Gasteiger partial charge is 0.303 e. The van der Waals surface area contributed by atoms with E-state index in [0.29, 0.717) is 0 Å². The van der Waals surface area contributed by atoms with Gasteiger partial charge in [-0.05, 0) is 37.7 Å². The van der Waals surface area contributed by atoms with Crippen LogP contribution in [0.2, 0.25) is 0 Å². The molecule has 4 heteroatoms. The monoisotopic (exact) mass is 284 g/mol. The summed E-state index contributed by atoms with van der Waals surface area (Å²) in [5, 5.41) is 7.42. The Labute approximate surface area is 122 Å². The number of carboxylic acid groups (broad SMARTS) is 1. The van der Waals surface area contributed by atoms with Crippen molar-refractivity contribution in [2.45, 2.75) is 71.3 Å². The molecule has 4 nitrogen and oxygen atoms in total. The molecule has 0 amide bonds. The molecule has 0 aromatic rings. The Morgan fingerprint density at radius 1 is 1.35 bits per heavy atom. The molecule has 1 fully saturated rings. The average molecular weight is 284 g/mol. The number of rotatable bonds is 5. The van der Waals surface area contributed by atoms with Gasteiger partial charge in [0.1, 0.15) is 5.60 Å². The Bertz CT molecular complexity index is 310. The minimum atomic E-state index is -0.833. The number of carbonyl (C=O) groups excluding carboxylic acids is 1. The fourth-order valence-electron chi connectivity index (χ4n) is 2.58. The number of carboxylic acids is 1. The minimum absolute atomic E-state index is 0.188. The minimum Gasteiger partial charge on any atom is -0.481 e. The van der Waals surface area contributed by atoms with E-state index in [9.17, 15) is 4.79 Å². The van der Waals surface area contributed by atoms with E-state index < -0.39 is 5.97 Å². The summed E-state index contributed by atoms with van der Waals surface area (Å²) >= 11 is 0. The highest BCUT2D eigenvalue weighted by atomic mass is 16.6. The highest BCUT2D eigenvalue weighted by molar-refractivity contribution is 5.66. The molecule has 1 N–H and O–H groups in total. The van der Waals surface area contributed by atoms with Crippen LogP contribution in [0.15, 0.2) is 12.7 Å². The molecule has 0 aliphatic heterocycles. The van der Waals surface area contributed by atoms with Gasteiger partial charge in [-0.15, -0.1) is 0 Å². The standard InChI is InChI=1S/C14H24O2.C2H4O2/c1-4-6-7-13-8-10-14(5-2,11-9-13)16-12(3)15;1-2(3)4/h5,13H,2,4,6-11H2,1,3H3;1H3,(H,3,4). The molecule has 20 heavy (non-hydrogen) atoms. The van der Waals surface area contributed by atoms with Crippen LogP contribution < -0.4 is 0 Å². The Balaban J connectivity index is 0.000000796. The Morgan fingerprint density at radius 3 is 2.20 bits per heavy atom. The summed E-state index contributed by atoms with van der Waals surface area (Å²) in [6.45, 7) is 8.62. The van der Waals surface area contributed by atoms with E-state index in [1.54, 1.807) is 0 Å². The van der Waals surface area contributed by atoms with Gasteiger partial charge in [0.15, 0.2) is 0 Å². The summed E-state index contributed by atoms with van der Waals surface area (Å²) in [7, 11) is 0. The third kappa shape index (κ3) is 7.97. The van der Waals surface area contributed by atoms with Crippen molar-refractivity contribution in [3.05, 3.63) is 12.7 Å². The van der Waals surface area contributed by atoms with E-state index in [1.165, 1.54) is 39.0 Å². The van der Waals surface area contributed by atoms with Crippen molar-refractivity contribution in [2.75, 3.05) is 0 Å². The van der Waals surface area contributed by atoms with E-state index >= 15 is 0 Å². The molecule has 0 aromatic carbocycles. The zero-order valence-electron chi connectivity index (χ0n) is 13.0. The Morgan fingerprint density at radius 2 is 1.85 bits per heavy atom. The lowest BCUT2D eigenvalue weighted by atomic mass is 9.77. The number of hydrogen-bond donors (Lipinski definition) is 1. The van der Waals surface area contributed by atoms with Crippen LogP contribution in [-0.2, 0) is 14.3 Å². The summed E-state index contributed by atoms with van der Waals surface area (Å²) in [6.07, 6.45) is 9.97. The predicted octanol–water partition coefficient (Wildman–Crippen LogP) is 3.95. The lowest BCUT2D eigenvalue weighted by molar-refractivity contribution is -0.155. The van der Waals surface area contributed by atoms with Gasteiger partial charge in [0.05, 0.1) is 0 Å². The molecule has 0 unspecified atom stereocenters. The third-order valence-electron chi connectivity index (χ3n) is 3.64. The van der Waals surface area contributed by atoms with Crippen molar-refractivity contribution < 1.29 is 19.4 Å². The van der Waals surface area contributed by atoms with Gasteiger partial charge < -0.3 is 9.84 Å². The lowest BCUT2D eigenvalue weighted by Crippen LogP contribution is -2.36. The highest BCUT2D eigenvalue weighted by Crippen LogP contribution is 2.37. The van der Waals surface area contributed by atoms with E-state index in [4.69, 9.17) is 14.6 Å². The first-order chi connectivity index (χ1) is 9.35. The van der Waals surface area contributed by atoms with Gasteiger partial charge in [0, 0.05) is 13.8 Å². The molecule has 1 aliphatic carbocycles. The Kier molecular flexibility index (Phi) is 8.93. The topological polar surface area (TPSA) is 63.6 Å². The maximum absolute atomic E-state index is 11.1. The van der Waals surface area contributed by atoms with Crippen LogP contribution in [0.4, 0.5) is 0 Å². The normalized spacial score (nSPS) is 25.1. The molecule has 0 saturated heterocycles. The van der Waals surface area contributed by atoms with Crippen molar-refractivity contribution >= 4 is 11.9 Å². The predicted molar refractivity (Wildman–Crippen MR) is 79.5 cm³/mol. The van der Waals surface area contributed by atoms with Crippen LogP contribution in [0.5, 0.6) is 0 Å². The average Bonchev–Trinajstić information content (AvgIpc) is 2.36. The van der Waals surface area contributed by atoms with Crippen molar-refractivity contribution in [2.24, 2.45) is 5.92 Å². The SMILES string of the molecule is C=CC1(OC(C)=O)CCC(CCCC)CC1.CC(=O)O. The maximum atomic E-state index is 11.1. The number of ether oxygens (including phenoxy) is 1. The van der Waals surface area contributed by atoms with Crippen molar-refractivity contribution in [1.82, 2.24) is 0 Å². The zero-order valence-corrected chi connectivity index (χ0v) is 13.0. The molecule has 116 valence electrons. The van der Waals surface area contributed by atoms with Gasteiger partial charge in [0.25, 0.3) is 5.97 Å². The molecule has 0 heterocycles. The van der Waals surface area contributed by atoms with Crippen LogP contribution in [0.3, 0.4) is 0 Å². The first-order valence-electron chi connectivity index (χ1n) is 7.38. The largest absolute Gasteiger partial charge is 0.481 e. The van der Waals surface area contributed by atoms with Crippen molar-refractivity contribution in [1.29, 1.82) is 0 Å². The van der Waals surface area contributed by atoms with E-state index in [1.807, 2.05) is 6.08 Å². The van der Waals surface area contributed by atoms with E-state index in [0.717, 1.165) is 25.7 Å². The molecule has 0 radical (unpaired) electrons. The number of unbranched alkanes of at least 4 members (excludes halogenated alkanes) is 1. The maximum Gasteiger partial charge on any atom is 0.303 e. The second kappa shape index (κ2) is 9.56. The van der Waals surface area contributed by atoms with Gasteiger partial charge in [-0.25, -0.2) is 0 Å². The molecule has 0 aromatic heterocycles. The van der Waals surface area contributed by atoms with E-state index in [2.05, 4.69) is 13.5 Å². The van der Waals surface area contributed by atoms with E-state index in [-0.39, 0.29) is 11.6 Å². The first kappa shape index (κ1) is 18.7. The third-order valence-corrected chi connectivity index (χ3v) is 3.64. The number of carbonyl (C=O) groups is 2. The van der Waals surface area contributed by atoms with Gasteiger partial charge in [-0.2, -0.15) is 0 Å². The number of hydrogen-bond acceptors (Lipinski definition) is 3. The molecule has 1 saturated carbocycles.